The van der Waals surface area contributed by atoms with Crippen LogP contribution < -0.4 is 0 Å². The molecule has 1 aromatic carbocycles. The summed E-state index contributed by atoms with van der Waals surface area (Å²) in [5.41, 5.74) is 2.57. The van der Waals surface area contributed by atoms with Crippen molar-refractivity contribution in [3.63, 3.8) is 0 Å². The highest BCUT2D eigenvalue weighted by molar-refractivity contribution is 7.09. The first-order valence-corrected chi connectivity index (χ1v) is 17.8. The molecule has 1 aliphatic heterocycles. The van der Waals surface area contributed by atoms with E-state index in [-0.39, 0.29) is 0 Å². The zero-order valence-corrected chi connectivity index (χ0v) is 27.0. The molecule has 0 bridgehead atoms. The predicted molar refractivity (Wildman–Crippen MR) is 171 cm³/mol. The second-order valence-corrected chi connectivity index (χ2v) is 16.3. The van der Waals surface area contributed by atoms with Crippen LogP contribution in [0.25, 0.3) is 0 Å². The van der Waals surface area contributed by atoms with E-state index in [1.165, 1.54) is 94.5 Å². The van der Waals surface area contributed by atoms with E-state index in [1.54, 1.807) is 0 Å². The number of aromatic nitrogens is 1. The normalized spacial score (nSPS) is 40.6. The molecule has 0 radical (unpaired) electrons. The van der Waals surface area contributed by atoms with Gasteiger partial charge in [-0.25, -0.2) is 4.98 Å². The second kappa shape index (κ2) is 11.3. The second-order valence-electron chi connectivity index (χ2n) is 15.3. The molecule has 5 aliphatic rings. The molecule has 224 valence electrons. The summed E-state index contributed by atoms with van der Waals surface area (Å²) in [6.07, 6.45) is 16.3. The molecular formula is C36H54N4S. The summed E-state index contributed by atoms with van der Waals surface area (Å²) in [6.45, 7) is 10.2. The lowest BCUT2D eigenvalue weighted by Crippen LogP contribution is -2.58. The van der Waals surface area contributed by atoms with Gasteiger partial charge >= 0.3 is 0 Å². The van der Waals surface area contributed by atoms with Crippen LogP contribution in [0.15, 0.2) is 41.9 Å². The van der Waals surface area contributed by atoms with Crippen LogP contribution in [0.3, 0.4) is 0 Å². The SMILES string of the molecule is CN(C)[C@H]1CC[C@H]2[C@@H]3CCC4C[C@@H](N5CCN(C(Cc6ccccc6)c6nccs6)CC5)CC[C@]4(C)[C@H]3CC[C@]12C. The average molecular weight is 575 g/mol. The van der Waals surface area contributed by atoms with E-state index < -0.39 is 0 Å². The Morgan fingerprint density at radius 1 is 0.902 bits per heavy atom. The van der Waals surface area contributed by atoms with Gasteiger partial charge in [-0.3, -0.25) is 9.80 Å². The Balaban J connectivity index is 0.986. The van der Waals surface area contributed by atoms with Crippen LogP contribution in [0.2, 0.25) is 0 Å². The van der Waals surface area contributed by atoms with Gasteiger partial charge in [0.2, 0.25) is 0 Å². The van der Waals surface area contributed by atoms with Crippen LogP contribution >= 0.6 is 11.3 Å². The Labute approximate surface area is 253 Å². The van der Waals surface area contributed by atoms with Crippen LogP contribution in [0.4, 0.5) is 0 Å². The van der Waals surface area contributed by atoms with Gasteiger partial charge in [0.1, 0.15) is 5.01 Å². The van der Waals surface area contributed by atoms with Crippen molar-refractivity contribution in [3.05, 3.63) is 52.5 Å². The van der Waals surface area contributed by atoms with E-state index in [9.17, 15) is 0 Å². The lowest BCUT2D eigenvalue weighted by atomic mass is 9.45. The highest BCUT2D eigenvalue weighted by Crippen LogP contribution is 2.66. The summed E-state index contributed by atoms with van der Waals surface area (Å²) in [5.74, 6) is 3.89. The molecule has 41 heavy (non-hydrogen) atoms. The molecule has 4 aliphatic carbocycles. The van der Waals surface area contributed by atoms with Gasteiger partial charge in [-0.05, 0) is 118 Å². The molecule has 7 rings (SSSR count). The van der Waals surface area contributed by atoms with Crippen LogP contribution in [-0.2, 0) is 6.42 Å². The number of benzene rings is 1. The number of nitrogens with zero attached hydrogens (tertiary/aromatic N) is 4. The van der Waals surface area contributed by atoms with Crippen molar-refractivity contribution in [2.24, 2.45) is 34.5 Å². The van der Waals surface area contributed by atoms with E-state index in [2.05, 4.69) is 78.4 Å². The third kappa shape index (κ3) is 5.05. The first kappa shape index (κ1) is 28.5. The molecule has 0 spiro atoms. The van der Waals surface area contributed by atoms with Gasteiger partial charge in [-0.2, -0.15) is 0 Å². The molecule has 4 nitrogen and oxygen atoms in total. The molecule has 2 unspecified atom stereocenters. The highest BCUT2D eigenvalue weighted by Gasteiger charge is 2.60. The summed E-state index contributed by atoms with van der Waals surface area (Å²) in [4.78, 5) is 13.0. The first-order valence-electron chi connectivity index (χ1n) is 16.9. The molecule has 9 atom stereocenters. The molecule has 4 saturated carbocycles. The fourth-order valence-electron chi connectivity index (χ4n) is 11.4. The molecule has 0 N–H and O–H groups in total. The van der Waals surface area contributed by atoms with E-state index in [4.69, 9.17) is 4.98 Å². The molecule has 0 amide bonds. The molecule has 2 aromatic rings. The zero-order chi connectivity index (χ0) is 28.2. The molecule has 5 fully saturated rings. The minimum atomic E-state index is 0.407. The minimum Gasteiger partial charge on any atom is -0.306 e. The lowest BCUT2D eigenvalue weighted by Gasteiger charge is -2.62. The van der Waals surface area contributed by atoms with Crippen LogP contribution in [0, 0.1) is 34.5 Å². The van der Waals surface area contributed by atoms with Crippen molar-refractivity contribution < 1.29 is 0 Å². The molecule has 1 saturated heterocycles. The topological polar surface area (TPSA) is 22.6 Å². The molecule has 2 heterocycles. The van der Waals surface area contributed by atoms with Crippen LogP contribution in [-0.4, -0.2) is 72.0 Å². The number of hydrogen-bond donors (Lipinski definition) is 0. The van der Waals surface area contributed by atoms with Gasteiger partial charge in [0, 0.05) is 49.8 Å². The van der Waals surface area contributed by atoms with Crippen LogP contribution in [0.1, 0.15) is 88.2 Å². The largest absolute Gasteiger partial charge is 0.306 e. The van der Waals surface area contributed by atoms with Gasteiger partial charge in [0.15, 0.2) is 0 Å². The lowest BCUT2D eigenvalue weighted by molar-refractivity contribution is -0.124. The predicted octanol–water partition coefficient (Wildman–Crippen LogP) is 7.39. The Morgan fingerprint density at radius 2 is 1.66 bits per heavy atom. The van der Waals surface area contributed by atoms with Crippen LogP contribution in [0.5, 0.6) is 0 Å². The van der Waals surface area contributed by atoms with Crippen molar-refractivity contribution in [3.8, 4) is 0 Å². The first-order chi connectivity index (χ1) is 19.9. The van der Waals surface area contributed by atoms with Gasteiger partial charge < -0.3 is 4.90 Å². The van der Waals surface area contributed by atoms with E-state index in [0.29, 0.717) is 16.9 Å². The van der Waals surface area contributed by atoms with Crippen molar-refractivity contribution in [2.75, 3.05) is 40.3 Å². The summed E-state index contributed by atoms with van der Waals surface area (Å²) in [5, 5.41) is 3.44. The third-order valence-electron chi connectivity index (χ3n) is 13.5. The number of thiazole rings is 1. The number of rotatable bonds is 6. The van der Waals surface area contributed by atoms with Gasteiger partial charge in [0.25, 0.3) is 0 Å². The third-order valence-corrected chi connectivity index (χ3v) is 14.4. The number of fused-ring (bicyclic) bond motifs is 5. The maximum absolute atomic E-state index is 4.78. The van der Waals surface area contributed by atoms with Gasteiger partial charge in [-0.1, -0.05) is 44.2 Å². The number of hydrogen-bond acceptors (Lipinski definition) is 5. The maximum Gasteiger partial charge on any atom is 0.110 e. The molecular weight excluding hydrogens is 520 g/mol. The van der Waals surface area contributed by atoms with Gasteiger partial charge in [-0.15, -0.1) is 11.3 Å². The standard InChI is InChI=1S/C36H54N4S/c1-35-16-14-28(25-27(35)10-11-29-30-12-13-33(38(3)4)36(30,2)17-15-31(29)35)39-19-21-40(22-20-39)32(34-37-18-23-41-34)24-26-8-6-5-7-9-26/h5-9,18,23,27-33H,10-17,19-22,24-25H2,1-4H3/t27?,28-,29-,30-,31-,32?,33-,35-,36-/m0/s1. The van der Waals surface area contributed by atoms with Crippen molar-refractivity contribution in [1.82, 2.24) is 19.7 Å². The quantitative estimate of drug-likeness (QED) is 0.359. The summed E-state index contributed by atoms with van der Waals surface area (Å²) >= 11 is 1.83. The van der Waals surface area contributed by atoms with Gasteiger partial charge in [0.05, 0.1) is 6.04 Å². The van der Waals surface area contributed by atoms with Crippen molar-refractivity contribution in [2.45, 2.75) is 96.2 Å². The summed E-state index contributed by atoms with van der Waals surface area (Å²) in [7, 11) is 4.68. The number of piperazine rings is 1. The van der Waals surface area contributed by atoms with E-state index in [0.717, 1.165) is 42.2 Å². The monoisotopic (exact) mass is 574 g/mol. The van der Waals surface area contributed by atoms with Crippen molar-refractivity contribution in [1.29, 1.82) is 0 Å². The Kier molecular flexibility index (Phi) is 7.88. The fraction of sp³-hybridized carbons (Fsp3) is 0.750. The maximum atomic E-state index is 4.78. The average Bonchev–Trinajstić information content (AvgIpc) is 3.64. The summed E-state index contributed by atoms with van der Waals surface area (Å²) < 4.78 is 0. The fourth-order valence-corrected chi connectivity index (χ4v) is 12.2. The molecule has 5 heteroatoms. The Bertz CT molecular complexity index is 1140. The molecule has 1 aromatic heterocycles. The Hall–Kier alpha value is -1.27. The minimum absolute atomic E-state index is 0.407. The smallest absolute Gasteiger partial charge is 0.110 e. The zero-order valence-electron chi connectivity index (χ0n) is 26.2. The van der Waals surface area contributed by atoms with E-state index >= 15 is 0 Å². The van der Waals surface area contributed by atoms with Crippen molar-refractivity contribution >= 4 is 11.3 Å². The summed E-state index contributed by atoms with van der Waals surface area (Å²) in [6, 6.07) is 13.1. The van der Waals surface area contributed by atoms with E-state index in [1.807, 2.05) is 17.5 Å². The highest BCUT2D eigenvalue weighted by atomic mass is 32.1. The Morgan fingerprint density at radius 3 is 2.39 bits per heavy atom.